The molecule has 4 unspecified atom stereocenters. The first-order valence-electron chi connectivity index (χ1n) is 12.7. The largest absolute Gasteiger partial charge is 0.508 e. The van der Waals surface area contributed by atoms with Crippen molar-refractivity contribution in [2.75, 3.05) is 6.54 Å². The van der Waals surface area contributed by atoms with E-state index in [1.54, 1.807) is 24.3 Å². The van der Waals surface area contributed by atoms with Crippen LogP contribution in [0, 0.1) is 0 Å². The fourth-order valence-corrected chi connectivity index (χ4v) is 3.72. The summed E-state index contributed by atoms with van der Waals surface area (Å²) in [5.41, 5.74) is 12.7. The summed E-state index contributed by atoms with van der Waals surface area (Å²) < 4.78 is 0. The lowest BCUT2D eigenvalue weighted by Gasteiger charge is -2.25. The molecule has 0 saturated heterocycles. The first-order chi connectivity index (χ1) is 18.5. The van der Waals surface area contributed by atoms with Crippen LogP contribution in [0.1, 0.15) is 37.3 Å². The number of unbranched alkanes of at least 4 members (excludes halogenated alkanes) is 1. The number of carboxylic acid groups (broad SMARTS) is 1. The van der Waals surface area contributed by atoms with Crippen molar-refractivity contribution in [3.05, 3.63) is 59.7 Å². The molecule has 0 saturated carbocycles. The number of nitrogens with one attached hydrogen (secondary N) is 3. The summed E-state index contributed by atoms with van der Waals surface area (Å²) in [5.74, 6) is -3.18. The van der Waals surface area contributed by atoms with E-state index in [0.29, 0.717) is 36.9 Å². The fraction of sp³-hybridized carbons (Fsp3) is 0.407. The van der Waals surface area contributed by atoms with Gasteiger partial charge in [0.2, 0.25) is 17.7 Å². The van der Waals surface area contributed by atoms with Gasteiger partial charge in [0.1, 0.15) is 29.6 Å². The number of rotatable bonds is 15. The van der Waals surface area contributed by atoms with Crippen LogP contribution in [-0.2, 0) is 32.0 Å². The second-order valence-electron chi connectivity index (χ2n) is 9.32. The molecule has 0 fully saturated rings. The summed E-state index contributed by atoms with van der Waals surface area (Å²) in [6, 6.07) is 7.65. The van der Waals surface area contributed by atoms with Crippen LogP contribution in [0.25, 0.3) is 0 Å². The number of carbonyl (C=O) groups is 4. The Hall–Kier alpha value is -4.16. The normalized spacial score (nSPS) is 13.9. The lowest BCUT2D eigenvalue weighted by atomic mass is 10.0. The van der Waals surface area contributed by atoms with E-state index in [0.717, 1.165) is 0 Å². The molecule has 3 amide bonds. The van der Waals surface area contributed by atoms with Crippen LogP contribution in [0.3, 0.4) is 0 Å². The molecule has 212 valence electrons. The van der Waals surface area contributed by atoms with Gasteiger partial charge in [-0.3, -0.25) is 19.2 Å². The van der Waals surface area contributed by atoms with Crippen molar-refractivity contribution >= 4 is 23.7 Å². The molecule has 0 aliphatic carbocycles. The zero-order valence-corrected chi connectivity index (χ0v) is 21.8. The summed E-state index contributed by atoms with van der Waals surface area (Å²) in [7, 11) is 0. The quantitative estimate of drug-likeness (QED) is 0.140. The van der Waals surface area contributed by atoms with E-state index >= 15 is 0 Å². The van der Waals surface area contributed by atoms with Crippen LogP contribution in [0.5, 0.6) is 11.5 Å². The van der Waals surface area contributed by atoms with Crippen LogP contribution in [0.4, 0.5) is 0 Å². The molecule has 0 heterocycles. The number of phenolic OH excluding ortho intramolecular Hbond substituents is 2. The maximum absolute atomic E-state index is 13.4. The number of hydrogen-bond donors (Lipinski definition) is 8. The van der Waals surface area contributed by atoms with Crippen molar-refractivity contribution in [1.29, 1.82) is 0 Å². The van der Waals surface area contributed by atoms with Gasteiger partial charge in [0.05, 0.1) is 6.04 Å². The monoisotopic (exact) mass is 543 g/mol. The highest BCUT2D eigenvalue weighted by Crippen LogP contribution is 2.14. The van der Waals surface area contributed by atoms with Gasteiger partial charge in [-0.05, 0) is 61.7 Å². The highest BCUT2D eigenvalue weighted by atomic mass is 16.4. The number of carboxylic acids is 1. The zero-order chi connectivity index (χ0) is 28.9. The van der Waals surface area contributed by atoms with Crippen molar-refractivity contribution in [3.8, 4) is 11.5 Å². The number of phenols is 2. The topological polar surface area (TPSA) is 217 Å². The minimum Gasteiger partial charge on any atom is -0.508 e. The van der Waals surface area contributed by atoms with Crippen LogP contribution >= 0.6 is 0 Å². The van der Waals surface area contributed by atoms with Crippen LogP contribution < -0.4 is 27.4 Å². The van der Waals surface area contributed by atoms with Gasteiger partial charge < -0.3 is 42.7 Å². The van der Waals surface area contributed by atoms with E-state index in [1.807, 2.05) is 0 Å². The Kier molecular flexibility index (Phi) is 12.2. The zero-order valence-electron chi connectivity index (χ0n) is 21.8. The third kappa shape index (κ3) is 10.6. The Morgan fingerprint density at radius 3 is 1.62 bits per heavy atom. The number of hydrogen-bond acceptors (Lipinski definition) is 8. The number of aromatic hydroxyl groups is 2. The first-order valence-corrected chi connectivity index (χ1v) is 12.7. The summed E-state index contributed by atoms with van der Waals surface area (Å²) in [5, 5.41) is 36.0. The van der Waals surface area contributed by atoms with E-state index in [2.05, 4.69) is 16.0 Å². The van der Waals surface area contributed by atoms with Gasteiger partial charge in [-0.15, -0.1) is 0 Å². The van der Waals surface area contributed by atoms with Gasteiger partial charge in [0, 0.05) is 12.8 Å². The Morgan fingerprint density at radius 2 is 1.18 bits per heavy atom. The molecule has 0 radical (unpaired) electrons. The Bertz CT molecular complexity index is 1110. The van der Waals surface area contributed by atoms with Crippen LogP contribution in [-0.4, -0.2) is 69.7 Å². The lowest BCUT2D eigenvalue weighted by Crippen LogP contribution is -2.57. The number of carbonyl (C=O) groups excluding carboxylic acids is 3. The maximum Gasteiger partial charge on any atom is 0.325 e. The molecular formula is C27H37N5O7. The summed E-state index contributed by atoms with van der Waals surface area (Å²) >= 11 is 0. The lowest BCUT2D eigenvalue weighted by molar-refractivity contribution is -0.141. The standard InChI is InChI=1S/C27H37N5O7/c1-16(27(38)39)30-25(36)22(14-17-5-9-19(33)10-6-17)32-26(37)23(15-18-7-11-20(34)12-8-18)31-24(35)21(29)4-2-3-13-28/h5-12,16,21-23,33-34H,2-4,13-15,28-29H2,1H3,(H,30,36)(H,31,35)(H,32,37)(H,38,39). The molecule has 0 aliphatic heterocycles. The molecule has 2 rings (SSSR count). The second kappa shape index (κ2) is 15.3. The Balaban J connectivity index is 2.27. The summed E-state index contributed by atoms with van der Waals surface area (Å²) in [4.78, 5) is 50.5. The third-order valence-corrected chi connectivity index (χ3v) is 6.05. The molecule has 39 heavy (non-hydrogen) atoms. The molecule has 0 bridgehead atoms. The number of benzene rings is 2. The highest BCUT2D eigenvalue weighted by molar-refractivity contribution is 5.94. The van der Waals surface area contributed by atoms with Crippen molar-refractivity contribution in [2.24, 2.45) is 11.5 Å². The third-order valence-electron chi connectivity index (χ3n) is 6.05. The number of amides is 3. The summed E-state index contributed by atoms with van der Waals surface area (Å²) in [6.07, 6.45) is 1.72. The molecular weight excluding hydrogens is 506 g/mol. The van der Waals surface area contributed by atoms with Crippen molar-refractivity contribution in [1.82, 2.24) is 16.0 Å². The van der Waals surface area contributed by atoms with E-state index in [-0.39, 0.29) is 24.3 Å². The van der Waals surface area contributed by atoms with Gasteiger partial charge in [-0.2, -0.15) is 0 Å². The van der Waals surface area contributed by atoms with Gasteiger partial charge in [0.25, 0.3) is 0 Å². The molecule has 0 aromatic heterocycles. The van der Waals surface area contributed by atoms with Gasteiger partial charge >= 0.3 is 5.97 Å². The fourth-order valence-electron chi connectivity index (χ4n) is 3.72. The molecule has 10 N–H and O–H groups in total. The Labute approximate surface area is 226 Å². The summed E-state index contributed by atoms with van der Waals surface area (Å²) in [6.45, 7) is 1.75. The van der Waals surface area contributed by atoms with Crippen molar-refractivity contribution in [2.45, 2.75) is 63.2 Å². The molecule has 4 atom stereocenters. The Morgan fingerprint density at radius 1 is 0.744 bits per heavy atom. The van der Waals surface area contributed by atoms with Crippen molar-refractivity contribution in [3.63, 3.8) is 0 Å². The van der Waals surface area contributed by atoms with Crippen LogP contribution in [0.15, 0.2) is 48.5 Å². The molecule has 2 aromatic carbocycles. The maximum atomic E-state index is 13.4. The van der Waals surface area contributed by atoms with Crippen LogP contribution in [0.2, 0.25) is 0 Å². The molecule has 12 heteroatoms. The SMILES string of the molecule is CC(NC(=O)C(Cc1ccc(O)cc1)NC(=O)C(Cc1ccc(O)cc1)NC(=O)C(N)CCCCN)C(=O)O. The molecule has 12 nitrogen and oxygen atoms in total. The van der Waals surface area contributed by atoms with Gasteiger partial charge in [-0.1, -0.05) is 30.7 Å². The molecule has 0 aliphatic rings. The van der Waals surface area contributed by atoms with Gasteiger partial charge in [0.15, 0.2) is 0 Å². The number of nitrogens with two attached hydrogens (primary N) is 2. The first kappa shape index (κ1) is 31.1. The van der Waals surface area contributed by atoms with E-state index in [4.69, 9.17) is 11.5 Å². The van der Waals surface area contributed by atoms with E-state index in [9.17, 15) is 34.5 Å². The van der Waals surface area contributed by atoms with E-state index in [1.165, 1.54) is 31.2 Å². The van der Waals surface area contributed by atoms with Crippen molar-refractivity contribution < 1.29 is 34.5 Å². The predicted molar refractivity (Wildman–Crippen MR) is 144 cm³/mol. The van der Waals surface area contributed by atoms with Gasteiger partial charge in [-0.25, -0.2) is 0 Å². The minimum atomic E-state index is -1.25. The molecule has 2 aromatic rings. The highest BCUT2D eigenvalue weighted by Gasteiger charge is 2.30. The average Bonchev–Trinajstić information content (AvgIpc) is 2.90. The molecule has 0 spiro atoms. The van der Waals surface area contributed by atoms with E-state index < -0.39 is 47.9 Å². The average molecular weight is 544 g/mol. The second-order valence-corrected chi connectivity index (χ2v) is 9.32. The predicted octanol–water partition coefficient (Wildman–Crippen LogP) is -0.102. The number of aliphatic carboxylic acids is 1. The smallest absolute Gasteiger partial charge is 0.325 e. The minimum absolute atomic E-state index is 0.0112.